The summed E-state index contributed by atoms with van der Waals surface area (Å²) in [6.45, 7) is 2.83. The number of aryl methyl sites for hydroxylation is 1. The second-order valence-corrected chi connectivity index (χ2v) is 5.30. The summed E-state index contributed by atoms with van der Waals surface area (Å²) in [6.07, 6.45) is 1.64. The van der Waals surface area contributed by atoms with Crippen LogP contribution in [0.3, 0.4) is 0 Å². The standard InChI is InChI=1S/C13H13F3N2OS/c1-9-6-18-12(19-9)8-17-7-10-2-4-11(5-3-10)20-13(14,15)16/h2-6,17H,7-8H2,1H3. The van der Waals surface area contributed by atoms with E-state index in [2.05, 4.69) is 10.3 Å². The van der Waals surface area contributed by atoms with Gasteiger partial charge in [-0.1, -0.05) is 12.1 Å². The van der Waals surface area contributed by atoms with Gasteiger partial charge in [0.25, 0.3) is 0 Å². The fourth-order valence-electron chi connectivity index (χ4n) is 1.61. The predicted molar refractivity (Wildman–Crippen MR) is 70.1 cm³/mol. The second-order valence-electron chi connectivity index (χ2n) is 4.16. The van der Waals surface area contributed by atoms with Crippen molar-refractivity contribution in [3.8, 4) is 0 Å². The second kappa shape index (κ2) is 6.32. The largest absolute Gasteiger partial charge is 0.446 e. The van der Waals surface area contributed by atoms with E-state index in [1.54, 1.807) is 18.3 Å². The van der Waals surface area contributed by atoms with Crippen LogP contribution in [-0.4, -0.2) is 10.5 Å². The summed E-state index contributed by atoms with van der Waals surface area (Å²) in [5.41, 5.74) is -3.34. The van der Waals surface area contributed by atoms with Crippen molar-refractivity contribution in [3.63, 3.8) is 0 Å². The number of thioether (sulfide) groups is 1. The molecule has 0 atom stereocenters. The molecule has 0 aliphatic carbocycles. The monoisotopic (exact) mass is 302 g/mol. The van der Waals surface area contributed by atoms with Crippen LogP contribution in [0.5, 0.6) is 0 Å². The molecule has 2 rings (SSSR count). The Bertz CT molecular complexity index is 551. The molecule has 0 unspecified atom stereocenters. The molecule has 2 aromatic rings. The number of benzene rings is 1. The van der Waals surface area contributed by atoms with Gasteiger partial charge in [-0.3, -0.25) is 0 Å². The summed E-state index contributed by atoms with van der Waals surface area (Å²) in [7, 11) is 0. The molecule has 0 fully saturated rings. The third-order valence-electron chi connectivity index (χ3n) is 2.43. The molecule has 0 spiro atoms. The number of oxazole rings is 1. The van der Waals surface area contributed by atoms with Crippen LogP contribution < -0.4 is 5.32 Å². The van der Waals surface area contributed by atoms with E-state index >= 15 is 0 Å². The number of rotatable bonds is 5. The molecule has 0 radical (unpaired) electrons. The molecule has 0 amide bonds. The third kappa shape index (κ3) is 4.90. The Kier molecular flexibility index (Phi) is 4.72. The smallest absolute Gasteiger partial charge is 0.445 e. The molecule has 20 heavy (non-hydrogen) atoms. The highest BCUT2D eigenvalue weighted by Crippen LogP contribution is 2.36. The summed E-state index contributed by atoms with van der Waals surface area (Å²) in [6, 6.07) is 6.26. The molecule has 0 saturated heterocycles. The van der Waals surface area contributed by atoms with E-state index in [9.17, 15) is 13.2 Å². The molecular formula is C13H13F3N2OS. The molecule has 0 saturated carbocycles. The van der Waals surface area contributed by atoms with Crippen LogP contribution in [-0.2, 0) is 13.1 Å². The number of hydrogen-bond donors (Lipinski definition) is 1. The van der Waals surface area contributed by atoms with Gasteiger partial charge in [0.15, 0.2) is 0 Å². The molecule has 108 valence electrons. The Labute approximate surface area is 118 Å². The maximum Gasteiger partial charge on any atom is 0.446 e. The fraction of sp³-hybridized carbons (Fsp3) is 0.308. The van der Waals surface area contributed by atoms with E-state index in [1.807, 2.05) is 6.92 Å². The van der Waals surface area contributed by atoms with Gasteiger partial charge in [0.05, 0.1) is 12.7 Å². The average molecular weight is 302 g/mol. The molecular weight excluding hydrogens is 289 g/mol. The van der Waals surface area contributed by atoms with Crippen LogP contribution in [0.15, 0.2) is 39.8 Å². The van der Waals surface area contributed by atoms with Gasteiger partial charge in [-0.2, -0.15) is 13.2 Å². The van der Waals surface area contributed by atoms with Crippen LogP contribution in [0, 0.1) is 6.92 Å². The van der Waals surface area contributed by atoms with Crippen molar-refractivity contribution in [1.29, 1.82) is 0 Å². The molecule has 1 N–H and O–H groups in total. The van der Waals surface area contributed by atoms with Gasteiger partial charge < -0.3 is 9.73 Å². The fourth-order valence-corrected chi connectivity index (χ4v) is 2.15. The minimum Gasteiger partial charge on any atom is -0.445 e. The molecule has 1 heterocycles. The van der Waals surface area contributed by atoms with Gasteiger partial charge in [-0.05, 0) is 36.4 Å². The quantitative estimate of drug-likeness (QED) is 0.851. The van der Waals surface area contributed by atoms with Crippen molar-refractivity contribution >= 4 is 11.8 Å². The van der Waals surface area contributed by atoms with E-state index in [4.69, 9.17) is 4.42 Å². The lowest BCUT2D eigenvalue weighted by Crippen LogP contribution is -2.12. The minimum atomic E-state index is -4.25. The molecule has 0 aliphatic heterocycles. The first-order valence-electron chi connectivity index (χ1n) is 5.89. The normalized spacial score (nSPS) is 11.8. The number of hydrogen-bond acceptors (Lipinski definition) is 4. The Morgan fingerprint density at radius 1 is 1.20 bits per heavy atom. The summed E-state index contributed by atoms with van der Waals surface area (Å²) in [5, 5.41) is 3.11. The first-order valence-corrected chi connectivity index (χ1v) is 6.71. The lowest BCUT2D eigenvalue weighted by atomic mass is 10.2. The zero-order chi connectivity index (χ0) is 14.6. The van der Waals surface area contributed by atoms with E-state index < -0.39 is 5.51 Å². The van der Waals surface area contributed by atoms with E-state index in [-0.39, 0.29) is 16.7 Å². The Morgan fingerprint density at radius 3 is 2.45 bits per heavy atom. The highest BCUT2D eigenvalue weighted by Gasteiger charge is 2.28. The van der Waals surface area contributed by atoms with Crippen molar-refractivity contribution < 1.29 is 17.6 Å². The first-order chi connectivity index (χ1) is 9.42. The Morgan fingerprint density at radius 2 is 1.90 bits per heavy atom. The number of alkyl halides is 3. The van der Waals surface area contributed by atoms with Crippen LogP contribution in [0.4, 0.5) is 13.2 Å². The van der Waals surface area contributed by atoms with Gasteiger partial charge in [0, 0.05) is 11.4 Å². The topological polar surface area (TPSA) is 38.1 Å². The molecule has 7 heteroatoms. The van der Waals surface area contributed by atoms with E-state index in [0.717, 1.165) is 11.3 Å². The number of halogens is 3. The van der Waals surface area contributed by atoms with Crippen LogP contribution in [0.2, 0.25) is 0 Å². The number of aromatic nitrogens is 1. The lowest BCUT2D eigenvalue weighted by molar-refractivity contribution is -0.0328. The highest BCUT2D eigenvalue weighted by atomic mass is 32.2. The van der Waals surface area contributed by atoms with Crippen LogP contribution >= 0.6 is 11.8 Å². The van der Waals surface area contributed by atoms with Crippen molar-refractivity contribution in [2.45, 2.75) is 30.4 Å². The molecule has 0 aliphatic rings. The van der Waals surface area contributed by atoms with Gasteiger partial charge in [-0.15, -0.1) is 0 Å². The molecule has 0 bridgehead atoms. The molecule has 3 nitrogen and oxygen atoms in total. The summed E-state index contributed by atoms with van der Waals surface area (Å²) in [5.74, 6) is 1.34. The van der Waals surface area contributed by atoms with Crippen molar-refractivity contribution in [3.05, 3.63) is 47.7 Å². The van der Waals surface area contributed by atoms with Crippen molar-refractivity contribution in [1.82, 2.24) is 10.3 Å². The molecule has 1 aromatic heterocycles. The molecule has 1 aromatic carbocycles. The summed E-state index contributed by atoms with van der Waals surface area (Å²) < 4.78 is 41.8. The maximum absolute atomic E-state index is 12.2. The minimum absolute atomic E-state index is 0.112. The van der Waals surface area contributed by atoms with Crippen LogP contribution in [0.25, 0.3) is 0 Å². The van der Waals surface area contributed by atoms with Crippen LogP contribution in [0.1, 0.15) is 17.2 Å². The number of nitrogens with zero attached hydrogens (tertiary/aromatic N) is 1. The third-order valence-corrected chi connectivity index (χ3v) is 3.17. The Balaban J connectivity index is 1.82. The van der Waals surface area contributed by atoms with Gasteiger partial charge >= 0.3 is 5.51 Å². The zero-order valence-corrected chi connectivity index (χ0v) is 11.5. The van der Waals surface area contributed by atoms with Crippen molar-refractivity contribution in [2.75, 3.05) is 0 Å². The van der Waals surface area contributed by atoms with Gasteiger partial charge in [-0.25, -0.2) is 4.98 Å². The predicted octanol–water partition coefficient (Wildman–Crippen LogP) is 3.88. The highest BCUT2D eigenvalue weighted by molar-refractivity contribution is 8.00. The van der Waals surface area contributed by atoms with Gasteiger partial charge in [0.2, 0.25) is 5.89 Å². The van der Waals surface area contributed by atoms with E-state index in [0.29, 0.717) is 19.0 Å². The van der Waals surface area contributed by atoms with E-state index in [1.165, 1.54) is 12.1 Å². The SMILES string of the molecule is Cc1cnc(CNCc2ccc(SC(F)(F)F)cc2)o1. The maximum atomic E-state index is 12.2. The Hall–Kier alpha value is -1.47. The lowest BCUT2D eigenvalue weighted by Gasteiger charge is -2.07. The zero-order valence-electron chi connectivity index (χ0n) is 10.7. The van der Waals surface area contributed by atoms with Gasteiger partial charge in [0.1, 0.15) is 5.76 Å². The average Bonchev–Trinajstić information content (AvgIpc) is 2.75. The van der Waals surface area contributed by atoms with Crippen molar-refractivity contribution in [2.24, 2.45) is 0 Å². The first kappa shape index (κ1) is 14.9. The number of nitrogens with one attached hydrogen (secondary N) is 1. The summed E-state index contributed by atoms with van der Waals surface area (Å²) >= 11 is -0.112. The summed E-state index contributed by atoms with van der Waals surface area (Å²) in [4.78, 5) is 4.23.